The van der Waals surface area contributed by atoms with E-state index in [1.807, 2.05) is 20.8 Å². The van der Waals surface area contributed by atoms with E-state index < -0.39 is 0 Å². The van der Waals surface area contributed by atoms with Gasteiger partial charge in [-0.2, -0.15) is 0 Å². The van der Waals surface area contributed by atoms with Crippen LogP contribution in [0, 0.1) is 0 Å². The summed E-state index contributed by atoms with van der Waals surface area (Å²) in [6.07, 6.45) is 1.04. The highest BCUT2D eigenvalue weighted by molar-refractivity contribution is 6.11. The first-order chi connectivity index (χ1) is 5.94. The van der Waals surface area contributed by atoms with Crippen molar-refractivity contribution in [3.8, 4) is 0 Å². The zero-order chi connectivity index (χ0) is 10.1. The van der Waals surface area contributed by atoms with E-state index in [0.717, 1.165) is 6.42 Å². The topological polar surface area (TPSA) is 46.1 Å². The van der Waals surface area contributed by atoms with Gasteiger partial charge in [0.05, 0.1) is 12.7 Å². The average Bonchev–Trinajstić information content (AvgIpc) is 2.23. The van der Waals surface area contributed by atoms with E-state index >= 15 is 0 Å². The van der Waals surface area contributed by atoms with Crippen LogP contribution in [0.4, 0.5) is 0 Å². The van der Waals surface area contributed by atoms with Crippen LogP contribution in [0.3, 0.4) is 0 Å². The molecular weight excluding hydrogens is 165 g/mol. The lowest BCUT2D eigenvalue weighted by Gasteiger charge is -2.26. The minimum atomic E-state index is -0.302. The molecule has 1 saturated heterocycles. The molecule has 0 saturated carbocycles. The highest BCUT2D eigenvalue weighted by Crippen LogP contribution is 2.27. The summed E-state index contributed by atoms with van der Waals surface area (Å²) in [7, 11) is 5.69. The maximum Gasteiger partial charge on any atom is 0.139 e. The first kappa shape index (κ1) is 11.0. The van der Waals surface area contributed by atoms with Crippen LogP contribution in [0.15, 0.2) is 0 Å². The average molecular weight is 184 g/mol. The summed E-state index contributed by atoms with van der Waals surface area (Å²) in [5.74, 6) is 0. The van der Waals surface area contributed by atoms with Crippen molar-refractivity contribution in [2.75, 3.05) is 6.61 Å². The lowest BCUT2D eigenvalue weighted by molar-refractivity contribution is -0.442. The minimum Gasteiger partial charge on any atom is -0.376 e. The normalized spacial score (nSPS) is 40.1. The molecular formula is C9H19BNO2+. The number of hydrogen-bond acceptors (Lipinski definition) is 2. The summed E-state index contributed by atoms with van der Waals surface area (Å²) in [4.78, 5) is 0. The lowest BCUT2D eigenvalue weighted by atomic mass is 9.92. The standard InChI is InChI=1S/C9H18BNO2/c1-6(2)12-5-9(3)7(11)4-8(10)13-9/h6-8H,4-5,11H2,1-3H3/p+1. The van der Waals surface area contributed by atoms with E-state index in [1.54, 1.807) is 0 Å². The molecule has 3 N–H and O–H groups in total. The quantitative estimate of drug-likeness (QED) is 0.612. The van der Waals surface area contributed by atoms with E-state index in [1.165, 1.54) is 0 Å². The van der Waals surface area contributed by atoms with Crippen molar-refractivity contribution >= 4 is 7.85 Å². The van der Waals surface area contributed by atoms with Gasteiger partial charge in [-0.1, -0.05) is 0 Å². The predicted octanol–water partition coefficient (Wildman–Crippen LogP) is -0.304. The molecule has 2 radical (unpaired) electrons. The van der Waals surface area contributed by atoms with Crippen LogP contribution in [0.2, 0.25) is 0 Å². The van der Waals surface area contributed by atoms with Gasteiger partial charge in [0, 0.05) is 12.4 Å². The summed E-state index contributed by atoms with van der Waals surface area (Å²) < 4.78 is 11.1. The number of quaternary nitrogens is 1. The molecule has 74 valence electrons. The molecule has 4 heteroatoms. The van der Waals surface area contributed by atoms with E-state index in [0.29, 0.717) is 6.61 Å². The molecule has 0 aromatic rings. The predicted molar refractivity (Wildman–Crippen MR) is 51.4 cm³/mol. The molecule has 0 aromatic heterocycles. The summed E-state index contributed by atoms with van der Waals surface area (Å²) >= 11 is 0. The van der Waals surface area contributed by atoms with E-state index in [2.05, 4.69) is 5.73 Å². The van der Waals surface area contributed by atoms with Crippen molar-refractivity contribution < 1.29 is 15.2 Å². The Morgan fingerprint density at radius 2 is 2.31 bits per heavy atom. The molecule has 1 heterocycles. The largest absolute Gasteiger partial charge is 0.376 e. The van der Waals surface area contributed by atoms with Gasteiger partial charge in [-0.25, -0.2) is 0 Å². The molecule has 3 unspecified atom stereocenters. The second-order valence-electron chi connectivity index (χ2n) is 4.26. The summed E-state index contributed by atoms with van der Waals surface area (Å²) in [6, 6.07) is 0.0458. The van der Waals surface area contributed by atoms with Crippen LogP contribution in [0.5, 0.6) is 0 Å². The van der Waals surface area contributed by atoms with E-state index in [4.69, 9.17) is 17.3 Å². The van der Waals surface area contributed by atoms with E-state index in [-0.39, 0.29) is 23.8 Å². The van der Waals surface area contributed by atoms with Gasteiger partial charge in [0.2, 0.25) is 0 Å². The fourth-order valence-corrected chi connectivity index (χ4v) is 1.50. The Labute approximate surface area is 81.4 Å². The maximum atomic E-state index is 5.69. The van der Waals surface area contributed by atoms with Crippen molar-refractivity contribution in [3.63, 3.8) is 0 Å². The SMILES string of the molecule is [B]C1CC([NH3+])C(C)(COC(C)C)O1. The Morgan fingerprint density at radius 1 is 1.69 bits per heavy atom. The summed E-state index contributed by atoms with van der Waals surface area (Å²) in [6.45, 7) is 6.61. The lowest BCUT2D eigenvalue weighted by Crippen LogP contribution is -2.69. The van der Waals surface area contributed by atoms with Crippen LogP contribution in [0.1, 0.15) is 27.2 Å². The van der Waals surface area contributed by atoms with Gasteiger partial charge in [0.1, 0.15) is 19.5 Å². The molecule has 1 fully saturated rings. The van der Waals surface area contributed by atoms with Crippen LogP contribution in [-0.2, 0) is 9.47 Å². The fourth-order valence-electron chi connectivity index (χ4n) is 1.50. The van der Waals surface area contributed by atoms with Crippen molar-refractivity contribution in [1.82, 2.24) is 0 Å². The number of ether oxygens (including phenoxy) is 2. The van der Waals surface area contributed by atoms with Gasteiger partial charge in [-0.3, -0.25) is 0 Å². The van der Waals surface area contributed by atoms with Gasteiger partial charge < -0.3 is 15.2 Å². The van der Waals surface area contributed by atoms with E-state index in [9.17, 15) is 0 Å². The maximum absolute atomic E-state index is 5.69. The minimum absolute atomic E-state index is 0.178. The highest BCUT2D eigenvalue weighted by Gasteiger charge is 2.44. The van der Waals surface area contributed by atoms with Gasteiger partial charge >= 0.3 is 0 Å². The van der Waals surface area contributed by atoms with Gasteiger partial charge in [0.25, 0.3) is 0 Å². The third kappa shape index (κ3) is 2.69. The summed E-state index contributed by atoms with van der Waals surface area (Å²) in [5, 5.41) is 0. The molecule has 1 aliphatic rings. The third-order valence-electron chi connectivity index (χ3n) is 2.50. The molecule has 0 amide bonds. The van der Waals surface area contributed by atoms with Crippen LogP contribution >= 0.6 is 0 Å². The van der Waals surface area contributed by atoms with Crippen molar-refractivity contribution in [3.05, 3.63) is 0 Å². The Hall–Kier alpha value is -0.0551. The number of hydrogen-bond donors (Lipinski definition) is 1. The van der Waals surface area contributed by atoms with Gasteiger partial charge in [-0.15, -0.1) is 0 Å². The first-order valence-corrected chi connectivity index (χ1v) is 4.82. The summed E-state index contributed by atoms with van der Waals surface area (Å²) in [5.41, 5.74) is 3.73. The molecule has 0 aliphatic carbocycles. The smallest absolute Gasteiger partial charge is 0.139 e. The van der Waals surface area contributed by atoms with Gasteiger partial charge in [-0.05, 0) is 20.8 Å². The van der Waals surface area contributed by atoms with Crippen LogP contribution in [-0.4, -0.2) is 38.2 Å². The van der Waals surface area contributed by atoms with Crippen molar-refractivity contribution in [2.24, 2.45) is 0 Å². The number of rotatable bonds is 3. The molecule has 0 spiro atoms. The molecule has 1 rings (SSSR count). The van der Waals surface area contributed by atoms with Gasteiger partial charge in [0.15, 0.2) is 0 Å². The first-order valence-electron chi connectivity index (χ1n) is 4.82. The monoisotopic (exact) mass is 184 g/mol. The molecule has 3 nitrogen and oxygen atoms in total. The molecule has 13 heavy (non-hydrogen) atoms. The Balaban J connectivity index is 2.45. The molecule has 1 aliphatic heterocycles. The highest BCUT2D eigenvalue weighted by atomic mass is 16.6. The Bertz CT molecular complexity index is 177. The second-order valence-corrected chi connectivity index (χ2v) is 4.26. The molecule has 3 atom stereocenters. The van der Waals surface area contributed by atoms with Crippen molar-refractivity contribution in [2.45, 2.75) is 50.9 Å². The van der Waals surface area contributed by atoms with Crippen LogP contribution < -0.4 is 5.73 Å². The zero-order valence-corrected chi connectivity index (χ0v) is 8.75. The fraction of sp³-hybridized carbons (Fsp3) is 1.00. The zero-order valence-electron chi connectivity index (χ0n) is 8.75. The van der Waals surface area contributed by atoms with Crippen LogP contribution in [0.25, 0.3) is 0 Å². The molecule has 0 aromatic carbocycles. The Kier molecular flexibility index (Phi) is 3.38. The van der Waals surface area contributed by atoms with Crippen molar-refractivity contribution in [1.29, 1.82) is 0 Å². The Morgan fingerprint density at radius 3 is 2.69 bits per heavy atom. The second kappa shape index (κ2) is 3.99. The third-order valence-corrected chi connectivity index (χ3v) is 2.50. The molecule has 0 bridgehead atoms.